The maximum absolute atomic E-state index is 13.6. The fraction of sp³-hybridized carbons (Fsp3) is 0.121. The third-order valence-electron chi connectivity index (χ3n) is 7.14. The Bertz CT molecular complexity index is 1650. The first kappa shape index (κ1) is 25.6. The van der Waals surface area contributed by atoms with Crippen molar-refractivity contribution in [3.63, 3.8) is 0 Å². The van der Waals surface area contributed by atoms with Crippen LogP contribution >= 0.6 is 11.3 Å². The molecule has 0 atom stereocenters. The molecule has 1 N–H and O–H groups in total. The summed E-state index contributed by atoms with van der Waals surface area (Å²) in [4.78, 5) is 34.1. The van der Waals surface area contributed by atoms with E-state index in [0.29, 0.717) is 17.2 Å². The van der Waals surface area contributed by atoms with E-state index in [2.05, 4.69) is 11.4 Å². The molecule has 0 bridgehead atoms. The lowest BCUT2D eigenvalue weighted by molar-refractivity contribution is -0.116. The average molecular weight is 548 g/mol. The molecule has 5 aromatic rings. The average Bonchev–Trinajstić information content (AvgIpc) is 3.57. The lowest BCUT2D eigenvalue weighted by Crippen LogP contribution is -2.28. The second kappa shape index (κ2) is 10.9. The summed E-state index contributed by atoms with van der Waals surface area (Å²) in [5.41, 5.74) is 5.94. The number of rotatable bonds is 6. The number of aryl methyl sites for hydroxylation is 1. The second-order valence-electron chi connectivity index (χ2n) is 9.72. The maximum Gasteiger partial charge on any atom is 0.258 e. The van der Waals surface area contributed by atoms with Gasteiger partial charge in [-0.1, -0.05) is 66.7 Å². The summed E-state index contributed by atoms with van der Waals surface area (Å²) in [5.74, 6) is -1.11. The van der Waals surface area contributed by atoms with Crippen molar-refractivity contribution in [3.8, 4) is 11.3 Å². The third-order valence-corrected chi connectivity index (χ3v) is 8.03. The highest BCUT2D eigenvalue weighted by molar-refractivity contribution is 7.16. The molecule has 0 aliphatic carbocycles. The van der Waals surface area contributed by atoms with Crippen molar-refractivity contribution in [2.45, 2.75) is 19.3 Å². The molecule has 0 radical (unpaired) electrons. The Hall–Kier alpha value is -4.62. The van der Waals surface area contributed by atoms with E-state index in [-0.39, 0.29) is 17.6 Å². The van der Waals surface area contributed by atoms with Gasteiger partial charge in [0.25, 0.3) is 5.91 Å². The van der Waals surface area contributed by atoms with Gasteiger partial charge in [0.1, 0.15) is 5.82 Å². The van der Waals surface area contributed by atoms with Crippen LogP contribution in [-0.4, -0.2) is 23.3 Å². The van der Waals surface area contributed by atoms with Crippen LogP contribution in [0.4, 0.5) is 15.2 Å². The number of anilines is 2. The molecule has 0 unspecified atom stereocenters. The Labute approximate surface area is 236 Å². The zero-order valence-corrected chi connectivity index (χ0v) is 22.6. The Morgan fingerprint density at radius 1 is 0.900 bits per heavy atom. The van der Waals surface area contributed by atoms with Crippen LogP contribution in [0.5, 0.6) is 0 Å². The van der Waals surface area contributed by atoms with Gasteiger partial charge in [0.2, 0.25) is 5.91 Å². The predicted molar refractivity (Wildman–Crippen MR) is 157 cm³/mol. The zero-order chi connectivity index (χ0) is 27.6. The SMILES string of the molecule is Cc1sc(NC(=O)C(c2ccccc2)c2ccccc2)nc1-c1ccc2c(c1)CCN2C(=O)c1ccc(F)cc1. The lowest BCUT2D eigenvalue weighted by Gasteiger charge is -2.17. The first-order valence-electron chi connectivity index (χ1n) is 13.1. The smallest absolute Gasteiger partial charge is 0.258 e. The molecule has 5 nitrogen and oxygen atoms in total. The number of hydrogen-bond acceptors (Lipinski definition) is 4. The summed E-state index contributed by atoms with van der Waals surface area (Å²) in [6.07, 6.45) is 0.721. The first-order chi connectivity index (χ1) is 19.5. The van der Waals surface area contributed by atoms with Crippen LogP contribution in [0.2, 0.25) is 0 Å². The highest BCUT2D eigenvalue weighted by Gasteiger charge is 2.27. The predicted octanol–water partition coefficient (Wildman–Crippen LogP) is 7.23. The van der Waals surface area contributed by atoms with Gasteiger partial charge in [0.05, 0.1) is 11.6 Å². The molecule has 4 aromatic carbocycles. The lowest BCUT2D eigenvalue weighted by atomic mass is 9.90. The van der Waals surface area contributed by atoms with E-state index in [1.807, 2.05) is 79.7 Å². The van der Waals surface area contributed by atoms with E-state index >= 15 is 0 Å². The molecular weight excluding hydrogens is 521 g/mol. The fourth-order valence-electron chi connectivity index (χ4n) is 5.19. The normalized spacial score (nSPS) is 12.4. The van der Waals surface area contributed by atoms with Crippen LogP contribution in [0.15, 0.2) is 103 Å². The Morgan fingerprint density at radius 2 is 1.55 bits per heavy atom. The van der Waals surface area contributed by atoms with E-state index in [1.54, 1.807) is 4.90 Å². The number of fused-ring (bicyclic) bond motifs is 1. The molecule has 0 fully saturated rings. The Kier molecular flexibility index (Phi) is 6.97. The molecule has 6 rings (SSSR count). The van der Waals surface area contributed by atoms with Gasteiger partial charge < -0.3 is 10.2 Å². The molecule has 1 aromatic heterocycles. The highest BCUT2D eigenvalue weighted by atomic mass is 32.1. The molecule has 0 saturated heterocycles. The van der Waals surface area contributed by atoms with Crippen LogP contribution in [0.1, 0.15) is 37.8 Å². The van der Waals surface area contributed by atoms with Crippen molar-refractivity contribution in [1.29, 1.82) is 0 Å². The summed E-state index contributed by atoms with van der Waals surface area (Å²) in [5, 5.41) is 3.60. The van der Waals surface area contributed by atoms with Crippen LogP contribution in [0.3, 0.4) is 0 Å². The largest absolute Gasteiger partial charge is 0.308 e. The minimum atomic E-state index is -0.459. The van der Waals surface area contributed by atoms with E-state index in [4.69, 9.17) is 4.98 Å². The second-order valence-corrected chi connectivity index (χ2v) is 10.9. The van der Waals surface area contributed by atoms with Crippen molar-refractivity contribution in [3.05, 3.63) is 136 Å². The number of thiazole rings is 1. The van der Waals surface area contributed by atoms with Gasteiger partial charge in [-0.25, -0.2) is 9.37 Å². The first-order valence-corrected chi connectivity index (χ1v) is 13.9. The number of aromatic nitrogens is 1. The van der Waals surface area contributed by atoms with Crippen molar-refractivity contribution >= 4 is 34.0 Å². The van der Waals surface area contributed by atoms with Crippen molar-refractivity contribution < 1.29 is 14.0 Å². The van der Waals surface area contributed by atoms with E-state index in [1.165, 1.54) is 35.6 Å². The molecule has 198 valence electrons. The van der Waals surface area contributed by atoms with E-state index in [9.17, 15) is 14.0 Å². The number of nitrogens with zero attached hydrogens (tertiary/aromatic N) is 2. The molecule has 1 aliphatic heterocycles. The highest BCUT2D eigenvalue weighted by Crippen LogP contribution is 2.37. The summed E-state index contributed by atoms with van der Waals surface area (Å²) in [6, 6.07) is 31.1. The standard InChI is InChI=1S/C33H26FN3O2S/c1-21-30(26-14-17-28-25(20-26)18-19-37(28)32(39)24-12-15-27(34)16-13-24)35-33(40-21)36-31(38)29(22-8-4-2-5-9-22)23-10-6-3-7-11-23/h2-17,20,29H,18-19H2,1H3,(H,35,36,38). The number of halogens is 1. The third kappa shape index (κ3) is 5.03. The molecule has 2 heterocycles. The molecule has 1 aliphatic rings. The molecule has 0 spiro atoms. The minimum absolute atomic E-state index is 0.137. The number of nitrogens with one attached hydrogen (secondary N) is 1. The van der Waals surface area contributed by atoms with Gasteiger partial charge in [-0.2, -0.15) is 0 Å². The van der Waals surface area contributed by atoms with Crippen molar-refractivity contribution in [1.82, 2.24) is 4.98 Å². The number of benzene rings is 4. The molecule has 2 amide bonds. The number of carbonyl (C=O) groups is 2. The van der Waals surface area contributed by atoms with Crippen LogP contribution in [-0.2, 0) is 11.2 Å². The Morgan fingerprint density at radius 3 is 2.20 bits per heavy atom. The topological polar surface area (TPSA) is 62.3 Å². The summed E-state index contributed by atoms with van der Waals surface area (Å²) in [6.45, 7) is 2.55. The number of amides is 2. The van der Waals surface area contributed by atoms with E-state index < -0.39 is 5.92 Å². The van der Waals surface area contributed by atoms with Gasteiger partial charge in [0.15, 0.2) is 5.13 Å². The molecule has 7 heteroatoms. The summed E-state index contributed by atoms with van der Waals surface area (Å²) >= 11 is 1.44. The van der Waals surface area contributed by atoms with Crippen LogP contribution in [0.25, 0.3) is 11.3 Å². The van der Waals surface area contributed by atoms with Gasteiger partial charge >= 0.3 is 0 Å². The molecule has 0 saturated carbocycles. The van der Waals surface area contributed by atoms with Crippen LogP contribution in [0, 0.1) is 12.7 Å². The Balaban J connectivity index is 1.24. The minimum Gasteiger partial charge on any atom is -0.308 e. The number of carbonyl (C=O) groups excluding carboxylic acids is 2. The number of hydrogen-bond donors (Lipinski definition) is 1. The van der Waals surface area contributed by atoms with Gasteiger partial charge in [-0.05, 0) is 66.4 Å². The summed E-state index contributed by atoms with van der Waals surface area (Å²) < 4.78 is 13.3. The van der Waals surface area contributed by atoms with E-state index in [0.717, 1.165) is 44.9 Å². The van der Waals surface area contributed by atoms with Crippen molar-refractivity contribution in [2.75, 3.05) is 16.8 Å². The van der Waals surface area contributed by atoms with Gasteiger partial charge in [0, 0.05) is 28.2 Å². The fourth-order valence-corrected chi connectivity index (χ4v) is 6.03. The zero-order valence-electron chi connectivity index (χ0n) is 21.8. The van der Waals surface area contributed by atoms with Crippen LogP contribution < -0.4 is 10.2 Å². The summed E-state index contributed by atoms with van der Waals surface area (Å²) in [7, 11) is 0. The van der Waals surface area contributed by atoms with Gasteiger partial charge in [-0.15, -0.1) is 11.3 Å². The molecular formula is C33H26FN3O2S. The van der Waals surface area contributed by atoms with Crippen molar-refractivity contribution in [2.24, 2.45) is 0 Å². The monoisotopic (exact) mass is 547 g/mol. The maximum atomic E-state index is 13.6. The quantitative estimate of drug-likeness (QED) is 0.244. The molecule has 40 heavy (non-hydrogen) atoms. The van der Waals surface area contributed by atoms with Gasteiger partial charge in [-0.3, -0.25) is 9.59 Å².